The maximum absolute atomic E-state index is 11.9. The molecule has 130 valence electrons. The van der Waals surface area contributed by atoms with Crippen LogP contribution in [0.3, 0.4) is 0 Å². The van der Waals surface area contributed by atoms with Crippen molar-refractivity contribution >= 4 is 11.9 Å². The number of benzene rings is 1. The molecule has 2 aromatic heterocycles. The summed E-state index contributed by atoms with van der Waals surface area (Å²) in [7, 11) is 3.21. The van der Waals surface area contributed by atoms with Gasteiger partial charge < -0.3 is 13.9 Å². The van der Waals surface area contributed by atoms with Gasteiger partial charge in [0.1, 0.15) is 5.82 Å². The smallest absolute Gasteiger partial charge is 0.293 e. The third-order valence-electron chi connectivity index (χ3n) is 3.60. The van der Waals surface area contributed by atoms with Gasteiger partial charge in [0.2, 0.25) is 5.95 Å². The lowest BCUT2D eigenvalue weighted by atomic mass is 10.1. The molecule has 0 saturated heterocycles. The number of carbonyl (C=O) groups is 1. The molecule has 8 nitrogen and oxygen atoms in total. The number of amides is 1. The monoisotopic (exact) mass is 342 g/mol. The number of rotatable bonds is 7. The second-order valence-electron chi connectivity index (χ2n) is 5.23. The Labute approximate surface area is 144 Å². The van der Waals surface area contributed by atoms with Crippen molar-refractivity contribution in [1.82, 2.24) is 15.2 Å². The molecule has 0 saturated carbocycles. The summed E-state index contributed by atoms with van der Waals surface area (Å²) in [5, 5.41) is 9.37. The number of methoxy groups -OCH3 is 2. The van der Waals surface area contributed by atoms with Gasteiger partial charge in [-0.25, -0.2) is 0 Å². The molecule has 2 heterocycles. The number of ether oxygens (including phenoxy) is 2. The first-order chi connectivity index (χ1) is 12.2. The number of aromatic nitrogens is 3. The first-order valence-corrected chi connectivity index (χ1v) is 7.66. The van der Waals surface area contributed by atoms with Gasteiger partial charge in [-0.3, -0.25) is 15.2 Å². The zero-order valence-corrected chi connectivity index (χ0v) is 13.9. The molecular formula is C17H18N4O4. The van der Waals surface area contributed by atoms with Gasteiger partial charge in [0.25, 0.3) is 5.91 Å². The number of furan rings is 1. The van der Waals surface area contributed by atoms with Gasteiger partial charge in [0.15, 0.2) is 17.3 Å². The van der Waals surface area contributed by atoms with Crippen molar-refractivity contribution in [2.45, 2.75) is 12.8 Å². The number of hydrogen-bond acceptors (Lipinski definition) is 6. The Balaban J connectivity index is 1.59. The van der Waals surface area contributed by atoms with Crippen molar-refractivity contribution in [1.29, 1.82) is 0 Å². The molecule has 0 aliphatic rings. The first-order valence-electron chi connectivity index (χ1n) is 7.66. The highest BCUT2D eigenvalue weighted by Crippen LogP contribution is 2.27. The summed E-state index contributed by atoms with van der Waals surface area (Å²) in [4.78, 5) is 16.1. The summed E-state index contributed by atoms with van der Waals surface area (Å²) in [5.41, 5.74) is 1.08. The quantitative estimate of drug-likeness (QED) is 0.684. The van der Waals surface area contributed by atoms with E-state index in [1.54, 1.807) is 26.4 Å². The van der Waals surface area contributed by atoms with E-state index >= 15 is 0 Å². The van der Waals surface area contributed by atoms with Gasteiger partial charge in [0, 0.05) is 6.42 Å². The second-order valence-corrected chi connectivity index (χ2v) is 5.23. The average molecular weight is 342 g/mol. The summed E-state index contributed by atoms with van der Waals surface area (Å²) in [6.45, 7) is 0. The van der Waals surface area contributed by atoms with Gasteiger partial charge in [-0.15, -0.1) is 5.10 Å². The summed E-state index contributed by atoms with van der Waals surface area (Å²) in [6, 6.07) is 8.97. The minimum atomic E-state index is -0.393. The number of hydrogen-bond donors (Lipinski definition) is 2. The van der Waals surface area contributed by atoms with E-state index in [9.17, 15) is 4.79 Å². The van der Waals surface area contributed by atoms with Crippen LogP contribution in [0.25, 0.3) is 0 Å². The SMILES string of the molecule is COc1ccc(CCc2nc(NC(=O)c3ccco3)n[nH]2)cc1OC. The Hall–Kier alpha value is -3.29. The third-order valence-corrected chi connectivity index (χ3v) is 3.60. The lowest BCUT2D eigenvalue weighted by Gasteiger charge is -2.09. The number of aryl methyl sites for hydroxylation is 2. The standard InChI is InChI=1S/C17H18N4O4/c1-23-12-7-5-11(10-14(12)24-2)6-8-15-18-17(21-20-15)19-16(22)13-4-3-9-25-13/h3-5,7,9-10H,6,8H2,1-2H3,(H2,18,19,20,21,22). The number of nitrogens with zero attached hydrogens (tertiary/aromatic N) is 2. The minimum Gasteiger partial charge on any atom is -0.493 e. The van der Waals surface area contributed by atoms with Crippen LogP contribution in [0.5, 0.6) is 11.5 Å². The van der Waals surface area contributed by atoms with E-state index in [4.69, 9.17) is 13.9 Å². The Kier molecular flexibility index (Phi) is 4.98. The Morgan fingerprint density at radius 1 is 1.20 bits per heavy atom. The van der Waals surface area contributed by atoms with E-state index in [1.165, 1.54) is 6.26 Å². The van der Waals surface area contributed by atoms with E-state index in [2.05, 4.69) is 20.5 Å². The highest BCUT2D eigenvalue weighted by atomic mass is 16.5. The van der Waals surface area contributed by atoms with Gasteiger partial charge in [-0.05, 0) is 36.2 Å². The largest absolute Gasteiger partial charge is 0.493 e. The van der Waals surface area contributed by atoms with Crippen LogP contribution in [0, 0.1) is 0 Å². The Morgan fingerprint density at radius 3 is 2.76 bits per heavy atom. The molecule has 0 radical (unpaired) electrons. The van der Waals surface area contributed by atoms with Crippen LogP contribution in [0.15, 0.2) is 41.0 Å². The highest BCUT2D eigenvalue weighted by molar-refractivity contribution is 6.01. The summed E-state index contributed by atoms with van der Waals surface area (Å²) in [6.07, 6.45) is 2.81. The number of nitrogens with one attached hydrogen (secondary N) is 2. The molecule has 1 aromatic carbocycles. The minimum absolute atomic E-state index is 0.205. The average Bonchev–Trinajstić information content (AvgIpc) is 3.31. The Bertz CT molecular complexity index is 842. The van der Waals surface area contributed by atoms with Crippen LogP contribution >= 0.6 is 0 Å². The summed E-state index contributed by atoms with van der Waals surface area (Å²) < 4.78 is 15.5. The van der Waals surface area contributed by atoms with Crippen molar-refractivity contribution in [3.8, 4) is 11.5 Å². The zero-order valence-electron chi connectivity index (χ0n) is 13.9. The zero-order chi connectivity index (χ0) is 17.6. The molecule has 0 aliphatic carbocycles. The number of carbonyl (C=O) groups excluding carboxylic acids is 1. The number of aromatic amines is 1. The van der Waals surface area contributed by atoms with Crippen LogP contribution in [-0.4, -0.2) is 35.3 Å². The fourth-order valence-electron chi connectivity index (χ4n) is 2.33. The molecular weight excluding hydrogens is 324 g/mol. The van der Waals surface area contributed by atoms with Crippen molar-refractivity contribution in [2.75, 3.05) is 19.5 Å². The molecule has 0 fully saturated rings. The lowest BCUT2D eigenvalue weighted by Crippen LogP contribution is -2.12. The molecule has 3 rings (SSSR count). The molecule has 1 amide bonds. The topological polar surface area (TPSA) is 102 Å². The maximum atomic E-state index is 11.9. The van der Waals surface area contributed by atoms with Crippen LogP contribution in [0.2, 0.25) is 0 Å². The molecule has 0 aliphatic heterocycles. The van der Waals surface area contributed by atoms with E-state index in [-0.39, 0.29) is 11.7 Å². The van der Waals surface area contributed by atoms with Gasteiger partial charge >= 0.3 is 0 Å². The van der Waals surface area contributed by atoms with Crippen LogP contribution < -0.4 is 14.8 Å². The van der Waals surface area contributed by atoms with E-state index < -0.39 is 5.91 Å². The van der Waals surface area contributed by atoms with E-state index in [1.807, 2.05) is 18.2 Å². The van der Waals surface area contributed by atoms with Crippen LogP contribution in [0.4, 0.5) is 5.95 Å². The molecule has 0 spiro atoms. The molecule has 25 heavy (non-hydrogen) atoms. The number of anilines is 1. The second kappa shape index (κ2) is 7.52. The molecule has 0 unspecified atom stereocenters. The van der Waals surface area contributed by atoms with Crippen molar-refractivity contribution in [3.05, 3.63) is 53.7 Å². The highest BCUT2D eigenvalue weighted by Gasteiger charge is 2.12. The molecule has 0 atom stereocenters. The molecule has 3 aromatic rings. The fourth-order valence-corrected chi connectivity index (χ4v) is 2.33. The van der Waals surface area contributed by atoms with E-state index in [0.717, 1.165) is 12.0 Å². The van der Waals surface area contributed by atoms with E-state index in [0.29, 0.717) is 23.7 Å². The Morgan fingerprint density at radius 2 is 2.04 bits per heavy atom. The summed E-state index contributed by atoms with van der Waals surface area (Å²) in [5.74, 6) is 2.07. The third kappa shape index (κ3) is 3.97. The van der Waals surface area contributed by atoms with Gasteiger partial charge in [-0.1, -0.05) is 6.07 Å². The maximum Gasteiger partial charge on any atom is 0.293 e. The van der Waals surface area contributed by atoms with Crippen LogP contribution in [0.1, 0.15) is 21.9 Å². The fraction of sp³-hybridized carbons (Fsp3) is 0.235. The molecule has 2 N–H and O–H groups in total. The number of H-pyrrole nitrogens is 1. The molecule has 0 bridgehead atoms. The molecule has 8 heteroatoms. The normalized spacial score (nSPS) is 10.5. The van der Waals surface area contributed by atoms with Crippen LogP contribution in [-0.2, 0) is 12.8 Å². The van der Waals surface area contributed by atoms with Gasteiger partial charge in [0.05, 0.1) is 20.5 Å². The summed E-state index contributed by atoms with van der Waals surface area (Å²) >= 11 is 0. The van der Waals surface area contributed by atoms with Gasteiger partial charge in [-0.2, -0.15) is 4.98 Å². The predicted octanol–water partition coefficient (Wildman–Crippen LogP) is 2.45. The van der Waals surface area contributed by atoms with Crippen molar-refractivity contribution in [2.24, 2.45) is 0 Å². The van der Waals surface area contributed by atoms with Crippen molar-refractivity contribution < 1.29 is 18.7 Å². The predicted molar refractivity (Wildman–Crippen MR) is 90.0 cm³/mol. The van der Waals surface area contributed by atoms with Crippen molar-refractivity contribution in [3.63, 3.8) is 0 Å². The first kappa shape index (κ1) is 16.6. The lowest BCUT2D eigenvalue weighted by molar-refractivity contribution is 0.0996.